The van der Waals surface area contributed by atoms with E-state index in [4.69, 9.17) is 14.6 Å². The van der Waals surface area contributed by atoms with Crippen molar-refractivity contribution in [2.45, 2.75) is 13.0 Å². The van der Waals surface area contributed by atoms with Crippen LogP contribution in [-0.4, -0.2) is 28.8 Å². The molecule has 4 aromatic carbocycles. The molecule has 0 aliphatic rings. The number of amides is 1. The molecule has 0 saturated heterocycles. The molecule has 0 bridgehead atoms. The van der Waals surface area contributed by atoms with Crippen molar-refractivity contribution < 1.29 is 19.1 Å². The van der Waals surface area contributed by atoms with E-state index in [0.717, 1.165) is 16.8 Å². The number of hydrogen-bond donors (Lipinski definition) is 1. The van der Waals surface area contributed by atoms with Gasteiger partial charge in [0.05, 0.1) is 18.5 Å². The zero-order chi connectivity index (χ0) is 27.2. The molecule has 1 amide bonds. The van der Waals surface area contributed by atoms with Crippen molar-refractivity contribution in [3.8, 4) is 22.7 Å². The Bertz CT molecular complexity index is 1580. The maximum absolute atomic E-state index is 13.7. The summed E-state index contributed by atoms with van der Waals surface area (Å²) in [5, 5.41) is 7.57. The molecule has 0 aliphatic carbocycles. The normalized spacial score (nSPS) is 11.4. The summed E-state index contributed by atoms with van der Waals surface area (Å²) in [6.45, 7) is 1.92. The lowest BCUT2D eigenvalue weighted by molar-refractivity contribution is -0.125. The molecule has 0 unspecified atom stereocenters. The van der Waals surface area contributed by atoms with Crippen molar-refractivity contribution >= 4 is 17.6 Å². The van der Waals surface area contributed by atoms with Crippen LogP contribution in [0.2, 0.25) is 0 Å². The Kier molecular flexibility index (Phi) is 7.50. The number of para-hydroxylation sites is 1. The van der Waals surface area contributed by atoms with Crippen LogP contribution in [0.5, 0.6) is 5.75 Å². The summed E-state index contributed by atoms with van der Waals surface area (Å²) in [6, 6.07) is 33.3. The molecule has 5 rings (SSSR count). The Morgan fingerprint density at radius 1 is 0.846 bits per heavy atom. The van der Waals surface area contributed by atoms with Crippen LogP contribution in [0.3, 0.4) is 0 Å². The summed E-state index contributed by atoms with van der Waals surface area (Å²) in [5.41, 5.74) is 4.21. The average molecular weight is 518 g/mol. The van der Waals surface area contributed by atoms with E-state index in [9.17, 15) is 9.59 Å². The summed E-state index contributed by atoms with van der Waals surface area (Å²) in [4.78, 5) is 27.3. The lowest BCUT2D eigenvalue weighted by atomic mass is 10.1. The van der Waals surface area contributed by atoms with Gasteiger partial charge in [-0.1, -0.05) is 84.9 Å². The number of anilines is 1. The minimum Gasteiger partial charge on any atom is -0.495 e. The summed E-state index contributed by atoms with van der Waals surface area (Å²) in [7, 11) is 1.53. The number of rotatable bonds is 8. The Hall–Kier alpha value is -5.17. The van der Waals surface area contributed by atoms with E-state index in [1.807, 2.05) is 79.7 Å². The van der Waals surface area contributed by atoms with Gasteiger partial charge in [-0.2, -0.15) is 5.10 Å². The zero-order valence-corrected chi connectivity index (χ0v) is 21.6. The van der Waals surface area contributed by atoms with Gasteiger partial charge in [-0.25, -0.2) is 9.48 Å². The number of aryl methyl sites for hydroxylation is 1. The Balaban J connectivity index is 1.51. The third kappa shape index (κ3) is 5.72. The number of benzene rings is 4. The van der Waals surface area contributed by atoms with Gasteiger partial charge in [0.25, 0.3) is 5.91 Å². The van der Waals surface area contributed by atoms with Crippen molar-refractivity contribution in [1.29, 1.82) is 0 Å². The molecule has 0 aliphatic heterocycles. The highest BCUT2D eigenvalue weighted by molar-refractivity contribution is 6.01. The summed E-state index contributed by atoms with van der Waals surface area (Å²) in [6.07, 6.45) is 0.413. The van der Waals surface area contributed by atoms with Crippen molar-refractivity contribution in [1.82, 2.24) is 9.78 Å². The first kappa shape index (κ1) is 25.5. The van der Waals surface area contributed by atoms with E-state index >= 15 is 0 Å². The van der Waals surface area contributed by atoms with E-state index in [1.54, 1.807) is 47.3 Å². The molecule has 39 heavy (non-hydrogen) atoms. The lowest BCUT2D eigenvalue weighted by Gasteiger charge is -2.19. The van der Waals surface area contributed by atoms with Gasteiger partial charge in [0.1, 0.15) is 17.0 Å². The maximum atomic E-state index is 13.7. The van der Waals surface area contributed by atoms with E-state index in [1.165, 1.54) is 7.11 Å². The van der Waals surface area contributed by atoms with E-state index in [2.05, 4.69) is 5.32 Å². The van der Waals surface area contributed by atoms with Crippen LogP contribution < -0.4 is 10.1 Å². The van der Waals surface area contributed by atoms with E-state index in [0.29, 0.717) is 22.7 Å². The molecule has 7 nitrogen and oxygen atoms in total. The quantitative estimate of drug-likeness (QED) is 0.241. The van der Waals surface area contributed by atoms with Crippen LogP contribution in [0.4, 0.5) is 5.69 Å². The largest absolute Gasteiger partial charge is 0.495 e. The molecule has 7 heteroatoms. The SMILES string of the molecule is COc1ccc(C)cc1NC(=O)[C@H](OC(=O)c1cn(-c2ccccc2)nc1-c1ccccc1)c1ccccc1. The number of esters is 1. The highest BCUT2D eigenvalue weighted by Gasteiger charge is 2.29. The summed E-state index contributed by atoms with van der Waals surface area (Å²) in [5.74, 6) is -0.672. The topological polar surface area (TPSA) is 82.5 Å². The number of ether oxygens (including phenoxy) is 2. The molecule has 1 atom stereocenters. The van der Waals surface area contributed by atoms with Gasteiger partial charge in [-0.15, -0.1) is 0 Å². The lowest BCUT2D eigenvalue weighted by Crippen LogP contribution is -2.26. The van der Waals surface area contributed by atoms with Gasteiger partial charge in [0.2, 0.25) is 6.10 Å². The van der Waals surface area contributed by atoms with Gasteiger partial charge in [-0.3, -0.25) is 4.79 Å². The fraction of sp³-hybridized carbons (Fsp3) is 0.0938. The fourth-order valence-electron chi connectivity index (χ4n) is 4.23. The second-order valence-corrected chi connectivity index (χ2v) is 8.93. The monoisotopic (exact) mass is 517 g/mol. The van der Waals surface area contributed by atoms with Gasteiger partial charge in [0.15, 0.2) is 0 Å². The molecule has 1 aromatic heterocycles. The molecule has 0 fully saturated rings. The first-order valence-corrected chi connectivity index (χ1v) is 12.5. The number of nitrogens with zero attached hydrogens (tertiary/aromatic N) is 2. The highest BCUT2D eigenvalue weighted by Crippen LogP contribution is 2.30. The van der Waals surface area contributed by atoms with Crippen LogP contribution >= 0.6 is 0 Å². The third-order valence-electron chi connectivity index (χ3n) is 6.18. The molecule has 5 aromatic rings. The molecule has 0 spiro atoms. The van der Waals surface area contributed by atoms with Crippen LogP contribution in [-0.2, 0) is 9.53 Å². The van der Waals surface area contributed by atoms with E-state index < -0.39 is 18.0 Å². The molecule has 0 saturated carbocycles. The highest BCUT2D eigenvalue weighted by atomic mass is 16.5. The first-order valence-electron chi connectivity index (χ1n) is 12.5. The van der Waals surface area contributed by atoms with Gasteiger partial charge in [0, 0.05) is 17.3 Å². The molecular weight excluding hydrogens is 490 g/mol. The summed E-state index contributed by atoms with van der Waals surface area (Å²) >= 11 is 0. The summed E-state index contributed by atoms with van der Waals surface area (Å²) < 4.78 is 13.0. The number of carbonyl (C=O) groups is 2. The maximum Gasteiger partial charge on any atom is 0.343 e. The zero-order valence-electron chi connectivity index (χ0n) is 21.6. The first-order chi connectivity index (χ1) is 19.0. The molecule has 194 valence electrons. The molecule has 1 heterocycles. The average Bonchev–Trinajstić information content (AvgIpc) is 3.43. The van der Waals surface area contributed by atoms with Crippen molar-refractivity contribution in [2.75, 3.05) is 12.4 Å². The van der Waals surface area contributed by atoms with Gasteiger partial charge in [-0.05, 0) is 36.8 Å². The standard InChI is InChI=1S/C32H27N3O4/c1-22-18-19-28(38-2)27(20-22)33-31(36)30(24-14-8-4-9-15-24)39-32(37)26-21-35(25-16-10-5-11-17-25)34-29(26)23-12-6-3-7-13-23/h3-21,30H,1-2H3,(H,33,36)/t30-/m1/s1. The molecular formula is C32H27N3O4. The van der Waals surface area contributed by atoms with Crippen LogP contribution in [0, 0.1) is 6.92 Å². The predicted molar refractivity (Wildman–Crippen MR) is 150 cm³/mol. The minimum absolute atomic E-state index is 0.243. The van der Waals surface area contributed by atoms with E-state index in [-0.39, 0.29) is 5.56 Å². The van der Waals surface area contributed by atoms with Crippen molar-refractivity contribution in [3.05, 3.63) is 132 Å². The van der Waals surface area contributed by atoms with Crippen LogP contribution in [0.1, 0.15) is 27.6 Å². The van der Waals surface area contributed by atoms with Crippen molar-refractivity contribution in [3.63, 3.8) is 0 Å². The number of aromatic nitrogens is 2. The Morgan fingerprint density at radius 3 is 2.15 bits per heavy atom. The number of nitrogens with one attached hydrogen (secondary N) is 1. The third-order valence-corrected chi connectivity index (χ3v) is 6.18. The predicted octanol–water partition coefficient (Wildman–Crippen LogP) is 6.39. The Morgan fingerprint density at radius 2 is 1.49 bits per heavy atom. The fourth-order valence-corrected chi connectivity index (χ4v) is 4.23. The number of hydrogen-bond acceptors (Lipinski definition) is 5. The van der Waals surface area contributed by atoms with Crippen LogP contribution in [0.15, 0.2) is 115 Å². The smallest absolute Gasteiger partial charge is 0.343 e. The van der Waals surface area contributed by atoms with Gasteiger partial charge >= 0.3 is 5.97 Å². The minimum atomic E-state index is -1.22. The second kappa shape index (κ2) is 11.5. The van der Waals surface area contributed by atoms with Crippen LogP contribution in [0.25, 0.3) is 16.9 Å². The van der Waals surface area contributed by atoms with Gasteiger partial charge < -0.3 is 14.8 Å². The molecule has 1 N–H and O–H groups in total. The molecule has 0 radical (unpaired) electrons. The number of carbonyl (C=O) groups excluding carboxylic acids is 2. The van der Waals surface area contributed by atoms with Crippen molar-refractivity contribution in [2.24, 2.45) is 0 Å². The Labute approximate surface area is 226 Å². The number of methoxy groups -OCH3 is 1. The second-order valence-electron chi connectivity index (χ2n) is 8.93.